The summed E-state index contributed by atoms with van der Waals surface area (Å²) >= 11 is 0. The monoisotopic (exact) mass is 375 g/mol. The molecule has 1 spiro atoms. The largest absolute Gasteiger partial charge is 0.317 e. The van der Waals surface area contributed by atoms with E-state index in [0.29, 0.717) is 5.95 Å². The Labute approximate surface area is 164 Å². The van der Waals surface area contributed by atoms with Crippen LogP contribution in [0.5, 0.6) is 0 Å². The molecule has 1 aliphatic carbocycles. The number of piperidine rings is 1. The molecular formula is C22H25N5O. The summed E-state index contributed by atoms with van der Waals surface area (Å²) in [6.45, 7) is 2.77. The van der Waals surface area contributed by atoms with Crippen molar-refractivity contribution in [2.24, 2.45) is 11.3 Å². The Morgan fingerprint density at radius 2 is 2.00 bits per heavy atom. The van der Waals surface area contributed by atoms with E-state index in [1.165, 1.54) is 0 Å². The van der Waals surface area contributed by atoms with Crippen molar-refractivity contribution in [3.63, 3.8) is 0 Å². The highest BCUT2D eigenvalue weighted by molar-refractivity contribution is 5.95. The molecule has 2 aromatic heterocycles. The molecule has 3 heterocycles. The Kier molecular flexibility index (Phi) is 4.36. The molecule has 2 aliphatic rings. The minimum atomic E-state index is 0.122. The van der Waals surface area contributed by atoms with Crippen molar-refractivity contribution in [1.29, 1.82) is 0 Å². The number of aromatic nitrogens is 3. The molecule has 6 heteroatoms. The Hall–Kier alpha value is -2.73. The van der Waals surface area contributed by atoms with E-state index in [2.05, 4.69) is 26.3 Å². The molecule has 2 N–H and O–H groups in total. The number of hydrogen-bond donors (Lipinski definition) is 2. The summed E-state index contributed by atoms with van der Waals surface area (Å²) in [4.78, 5) is 22.1. The Morgan fingerprint density at radius 3 is 2.82 bits per heavy atom. The fraction of sp³-hybridized carbons (Fsp3) is 0.409. The van der Waals surface area contributed by atoms with Crippen LogP contribution < -0.4 is 10.6 Å². The Balaban J connectivity index is 1.37. The molecule has 5 rings (SSSR count). The lowest BCUT2D eigenvalue weighted by Crippen LogP contribution is -2.32. The van der Waals surface area contributed by atoms with Crippen molar-refractivity contribution in [1.82, 2.24) is 19.9 Å². The van der Waals surface area contributed by atoms with Gasteiger partial charge in [0.1, 0.15) is 0 Å². The lowest BCUT2D eigenvalue weighted by Gasteiger charge is -2.23. The zero-order valence-corrected chi connectivity index (χ0v) is 15.9. The third kappa shape index (κ3) is 3.18. The molecule has 1 aliphatic heterocycles. The molecule has 1 atom stereocenters. The van der Waals surface area contributed by atoms with Gasteiger partial charge in [-0.05, 0) is 62.0 Å². The van der Waals surface area contributed by atoms with Gasteiger partial charge in [-0.1, -0.05) is 18.2 Å². The number of carbonyl (C=O) groups is 1. The summed E-state index contributed by atoms with van der Waals surface area (Å²) in [5.41, 5.74) is 3.21. The van der Waals surface area contributed by atoms with Gasteiger partial charge >= 0.3 is 0 Å². The second-order valence-corrected chi connectivity index (χ2v) is 8.01. The second kappa shape index (κ2) is 7.02. The van der Waals surface area contributed by atoms with Crippen LogP contribution in [0.4, 0.5) is 5.95 Å². The fourth-order valence-corrected chi connectivity index (χ4v) is 4.56. The lowest BCUT2D eigenvalue weighted by molar-refractivity contribution is -0.118. The molecule has 1 amide bonds. The third-order valence-electron chi connectivity index (χ3n) is 6.31. The van der Waals surface area contributed by atoms with Gasteiger partial charge in [0, 0.05) is 30.8 Å². The van der Waals surface area contributed by atoms with Gasteiger partial charge in [0.25, 0.3) is 0 Å². The van der Waals surface area contributed by atoms with Crippen LogP contribution in [0.1, 0.15) is 25.0 Å². The zero-order chi connectivity index (χ0) is 19.0. The van der Waals surface area contributed by atoms with Crippen LogP contribution >= 0.6 is 0 Å². The van der Waals surface area contributed by atoms with E-state index in [9.17, 15) is 4.79 Å². The highest BCUT2D eigenvalue weighted by Gasteiger charge is 2.57. The first-order valence-corrected chi connectivity index (χ1v) is 10.1. The van der Waals surface area contributed by atoms with Crippen molar-refractivity contribution in [3.8, 4) is 0 Å². The van der Waals surface area contributed by atoms with Gasteiger partial charge in [0.15, 0.2) is 0 Å². The lowest BCUT2D eigenvalue weighted by atomic mass is 9.92. The molecular weight excluding hydrogens is 350 g/mol. The molecule has 1 saturated heterocycles. The number of fused-ring (bicyclic) bond motifs is 1. The van der Waals surface area contributed by atoms with Gasteiger partial charge < -0.3 is 9.88 Å². The SMILES string of the molecule is O=C(Nc1nc2ccccc2n1CCc1ccccn1)C1CC12CCNCC2. The van der Waals surface area contributed by atoms with Crippen LogP contribution in [0, 0.1) is 11.3 Å². The summed E-state index contributed by atoms with van der Waals surface area (Å²) < 4.78 is 2.11. The molecule has 1 aromatic carbocycles. The molecule has 1 saturated carbocycles. The first kappa shape index (κ1) is 17.4. The van der Waals surface area contributed by atoms with Crippen molar-refractivity contribution in [3.05, 3.63) is 54.4 Å². The fourth-order valence-electron chi connectivity index (χ4n) is 4.56. The van der Waals surface area contributed by atoms with E-state index in [4.69, 9.17) is 4.98 Å². The average molecular weight is 375 g/mol. The van der Waals surface area contributed by atoms with Crippen molar-refractivity contribution < 1.29 is 4.79 Å². The second-order valence-electron chi connectivity index (χ2n) is 8.01. The molecule has 2 fully saturated rings. The molecule has 6 nitrogen and oxygen atoms in total. The van der Waals surface area contributed by atoms with Gasteiger partial charge in [-0.3, -0.25) is 15.1 Å². The number of aryl methyl sites for hydroxylation is 2. The van der Waals surface area contributed by atoms with Gasteiger partial charge in [0.2, 0.25) is 11.9 Å². The topological polar surface area (TPSA) is 71.8 Å². The predicted molar refractivity (Wildman–Crippen MR) is 109 cm³/mol. The number of nitrogens with one attached hydrogen (secondary N) is 2. The van der Waals surface area contributed by atoms with E-state index < -0.39 is 0 Å². The van der Waals surface area contributed by atoms with Crippen molar-refractivity contribution in [2.75, 3.05) is 18.4 Å². The van der Waals surface area contributed by atoms with Crippen LogP contribution in [-0.2, 0) is 17.8 Å². The zero-order valence-electron chi connectivity index (χ0n) is 15.9. The van der Waals surface area contributed by atoms with Crippen LogP contribution in [-0.4, -0.2) is 33.5 Å². The third-order valence-corrected chi connectivity index (χ3v) is 6.31. The molecule has 3 aromatic rings. The normalized spacial score (nSPS) is 20.4. The van der Waals surface area contributed by atoms with Gasteiger partial charge in [-0.15, -0.1) is 0 Å². The molecule has 0 radical (unpaired) electrons. The number of amides is 1. The minimum absolute atomic E-state index is 0.122. The van der Waals surface area contributed by atoms with Gasteiger partial charge in [-0.2, -0.15) is 0 Å². The van der Waals surface area contributed by atoms with E-state index in [0.717, 1.165) is 62.0 Å². The van der Waals surface area contributed by atoms with E-state index >= 15 is 0 Å². The first-order valence-electron chi connectivity index (χ1n) is 10.1. The number of benzene rings is 1. The quantitative estimate of drug-likeness (QED) is 0.719. The summed E-state index contributed by atoms with van der Waals surface area (Å²) in [6.07, 6.45) is 5.82. The van der Waals surface area contributed by atoms with E-state index in [-0.39, 0.29) is 17.2 Å². The standard InChI is InChI=1S/C22H25N5O/c28-20(17-15-22(17)9-12-23-13-10-22)26-21-25-18-6-1-2-7-19(18)27(21)14-8-16-5-3-4-11-24-16/h1-7,11,17,23H,8-10,12-15H2,(H,25,26,28). The first-order chi connectivity index (χ1) is 13.8. The molecule has 0 bridgehead atoms. The predicted octanol–water partition coefficient (Wildman–Crippen LogP) is 3.00. The number of rotatable bonds is 5. The molecule has 1 unspecified atom stereocenters. The summed E-state index contributed by atoms with van der Waals surface area (Å²) in [5, 5.41) is 6.54. The molecule has 144 valence electrons. The highest BCUT2D eigenvalue weighted by atomic mass is 16.2. The van der Waals surface area contributed by atoms with Crippen LogP contribution in [0.15, 0.2) is 48.7 Å². The maximum atomic E-state index is 13.0. The van der Waals surface area contributed by atoms with E-state index in [1.807, 2.05) is 42.6 Å². The Bertz CT molecular complexity index is 991. The van der Waals surface area contributed by atoms with Crippen molar-refractivity contribution >= 4 is 22.9 Å². The highest BCUT2D eigenvalue weighted by Crippen LogP contribution is 2.58. The Morgan fingerprint density at radius 1 is 1.18 bits per heavy atom. The van der Waals surface area contributed by atoms with Gasteiger partial charge in [0.05, 0.1) is 11.0 Å². The summed E-state index contributed by atoms with van der Waals surface area (Å²) in [7, 11) is 0. The maximum Gasteiger partial charge on any atom is 0.230 e. The smallest absolute Gasteiger partial charge is 0.230 e. The number of pyridine rings is 1. The summed E-state index contributed by atoms with van der Waals surface area (Å²) in [5.74, 6) is 0.896. The number of anilines is 1. The van der Waals surface area contributed by atoms with Crippen LogP contribution in [0.2, 0.25) is 0 Å². The number of carbonyl (C=O) groups excluding carboxylic acids is 1. The van der Waals surface area contributed by atoms with Crippen LogP contribution in [0.25, 0.3) is 11.0 Å². The van der Waals surface area contributed by atoms with Crippen LogP contribution in [0.3, 0.4) is 0 Å². The van der Waals surface area contributed by atoms with Gasteiger partial charge in [-0.25, -0.2) is 4.98 Å². The number of imidazole rings is 1. The number of hydrogen-bond acceptors (Lipinski definition) is 4. The van der Waals surface area contributed by atoms with Crippen molar-refractivity contribution in [2.45, 2.75) is 32.2 Å². The maximum absolute atomic E-state index is 13.0. The van der Waals surface area contributed by atoms with E-state index in [1.54, 1.807) is 0 Å². The number of nitrogens with zero attached hydrogens (tertiary/aromatic N) is 3. The minimum Gasteiger partial charge on any atom is -0.317 e. The molecule has 28 heavy (non-hydrogen) atoms. The average Bonchev–Trinajstić information content (AvgIpc) is 3.31. The number of para-hydroxylation sites is 2. The summed E-state index contributed by atoms with van der Waals surface area (Å²) in [6, 6.07) is 14.0.